The van der Waals surface area contributed by atoms with Crippen molar-refractivity contribution >= 4 is 11.6 Å². The van der Waals surface area contributed by atoms with Crippen molar-refractivity contribution in [2.75, 3.05) is 90.0 Å². The Balaban J connectivity index is 0.000000160. The number of aliphatic hydroxyl groups is 1. The monoisotopic (exact) mass is 1410 g/mol. The maximum Gasteiger partial charge on any atom is 0.267 e. The summed E-state index contributed by atoms with van der Waals surface area (Å²) in [5, 5.41) is 29.6. The SMILES string of the molecule is COc1ccc(-c2cc(=O)[nH]nc2-c2ccc(OC)cc2)cc1.COc1ccc(-c2cc(=O)n(CCCl)nc2-c2ccc(OC)cc2)cc1.COc1ccc(-c2cc(=O)n(CCN(C)C)nc2-c2ccc(OC)cc2)cc1.COc1ccc(-c2cc(=O)n(CCO)nc2-c2ccc(OC)cc2)cc1. The van der Waals surface area contributed by atoms with Gasteiger partial charge in [0.25, 0.3) is 22.2 Å². The van der Waals surface area contributed by atoms with Crippen LogP contribution in [0.1, 0.15) is 0 Å². The summed E-state index contributed by atoms with van der Waals surface area (Å²) >= 11 is 5.81. The highest BCUT2D eigenvalue weighted by Gasteiger charge is 2.18. The van der Waals surface area contributed by atoms with Crippen molar-refractivity contribution in [3.05, 3.63) is 260 Å². The van der Waals surface area contributed by atoms with Crippen LogP contribution >= 0.6 is 11.6 Å². The summed E-state index contributed by atoms with van der Waals surface area (Å²) in [6, 6.07) is 66.8. The van der Waals surface area contributed by atoms with Gasteiger partial charge in [0.2, 0.25) is 0 Å². The van der Waals surface area contributed by atoms with Crippen LogP contribution in [0.5, 0.6) is 46.0 Å². The Morgan fingerprint density at radius 1 is 0.340 bits per heavy atom. The van der Waals surface area contributed by atoms with Crippen molar-refractivity contribution in [3.8, 4) is 136 Å². The summed E-state index contributed by atoms with van der Waals surface area (Å²) in [6.07, 6.45) is 0. The van der Waals surface area contributed by atoms with Gasteiger partial charge in [-0.15, -0.1) is 11.6 Å². The van der Waals surface area contributed by atoms with E-state index in [4.69, 9.17) is 54.6 Å². The summed E-state index contributed by atoms with van der Waals surface area (Å²) < 4.78 is 45.9. The zero-order valence-electron chi connectivity index (χ0n) is 58.8. The third-order valence-corrected chi connectivity index (χ3v) is 16.4. The van der Waals surface area contributed by atoms with E-state index in [9.17, 15) is 24.3 Å². The van der Waals surface area contributed by atoms with Gasteiger partial charge in [0.15, 0.2) is 0 Å². The quantitative estimate of drug-likeness (QED) is 0.0565. The number of ether oxygens (including phenoxy) is 8. The van der Waals surface area contributed by atoms with Gasteiger partial charge in [-0.3, -0.25) is 19.2 Å². The Morgan fingerprint density at radius 2 is 0.573 bits per heavy atom. The molecular formula is C80H80ClN9O13. The van der Waals surface area contributed by atoms with Crippen LogP contribution in [0.3, 0.4) is 0 Å². The number of aromatic amines is 1. The van der Waals surface area contributed by atoms with Gasteiger partial charge in [-0.1, -0.05) is 48.5 Å². The normalized spacial score (nSPS) is 10.6. The summed E-state index contributed by atoms with van der Waals surface area (Å²) in [5.74, 6) is 6.37. The lowest BCUT2D eigenvalue weighted by Gasteiger charge is -2.15. The number of aliphatic hydroxyl groups excluding tert-OH is 1. The molecule has 12 rings (SSSR count). The number of aryl methyl sites for hydroxylation is 1. The second-order valence-electron chi connectivity index (χ2n) is 22.9. The highest BCUT2D eigenvalue weighted by molar-refractivity contribution is 6.17. The van der Waals surface area contributed by atoms with Crippen molar-refractivity contribution < 1.29 is 43.0 Å². The highest BCUT2D eigenvalue weighted by atomic mass is 35.5. The van der Waals surface area contributed by atoms with Gasteiger partial charge >= 0.3 is 0 Å². The number of methoxy groups -OCH3 is 8. The molecule has 4 aromatic heterocycles. The molecule has 0 aliphatic heterocycles. The van der Waals surface area contributed by atoms with Crippen molar-refractivity contribution in [2.45, 2.75) is 19.6 Å². The summed E-state index contributed by atoms with van der Waals surface area (Å²) in [7, 11) is 16.9. The van der Waals surface area contributed by atoms with Crippen LogP contribution < -0.4 is 60.1 Å². The molecule has 0 aliphatic carbocycles. The minimum Gasteiger partial charge on any atom is -0.497 e. The molecule has 0 atom stereocenters. The number of nitrogens with zero attached hydrogens (tertiary/aromatic N) is 8. The van der Waals surface area contributed by atoms with E-state index < -0.39 is 0 Å². The molecule has 0 aliphatic rings. The van der Waals surface area contributed by atoms with Crippen LogP contribution in [-0.4, -0.2) is 140 Å². The van der Waals surface area contributed by atoms with Crippen molar-refractivity contribution in [3.63, 3.8) is 0 Å². The van der Waals surface area contributed by atoms with E-state index in [-0.39, 0.29) is 35.4 Å². The number of halogens is 1. The summed E-state index contributed by atoms with van der Waals surface area (Å²) in [6.45, 7) is 1.60. The molecule has 0 radical (unpaired) electrons. The molecule has 4 heterocycles. The predicted molar refractivity (Wildman–Crippen MR) is 403 cm³/mol. The van der Waals surface area contributed by atoms with E-state index in [2.05, 4.69) is 20.4 Å². The zero-order valence-corrected chi connectivity index (χ0v) is 59.6. The minimum absolute atomic E-state index is 0.120. The average Bonchev–Trinajstić information content (AvgIpc) is 0.808. The molecule has 12 aromatic rings. The lowest BCUT2D eigenvalue weighted by atomic mass is 10.00. The molecule has 0 fully saturated rings. The molecule has 0 saturated carbocycles. The molecule has 22 nitrogen and oxygen atoms in total. The fraction of sp³-hybridized carbons (Fsp3) is 0.200. The first-order valence-corrected chi connectivity index (χ1v) is 33.0. The molecule has 530 valence electrons. The van der Waals surface area contributed by atoms with E-state index in [1.807, 2.05) is 213 Å². The molecule has 103 heavy (non-hydrogen) atoms. The largest absolute Gasteiger partial charge is 0.497 e. The number of benzene rings is 8. The van der Waals surface area contributed by atoms with Gasteiger partial charge in [-0.2, -0.15) is 20.4 Å². The van der Waals surface area contributed by atoms with E-state index in [1.165, 1.54) is 14.0 Å². The maximum absolute atomic E-state index is 12.7. The number of alkyl halides is 1. The number of likely N-dealkylation sites (N-methyl/N-ethyl adjacent to an activating group) is 1. The van der Waals surface area contributed by atoms with Crippen molar-refractivity contribution in [2.24, 2.45) is 0 Å². The molecule has 0 saturated heterocycles. The standard InChI is InChI=1S/C22H25N3O3.C20H19ClN2O3.C20H20N2O4.C18H16N2O3/c1-24(2)13-14-25-21(26)15-20(16-5-9-18(27-3)10-6-16)22(23-25)17-7-11-19(28-4)12-8-17;1-25-16-7-3-14(4-8-16)18-13-19(24)23(12-11-21)22-20(18)15-5-9-17(26-2)10-6-15;1-25-16-7-3-14(4-8-16)18-13-19(24)22(11-12-23)21-20(18)15-5-9-17(26-2)10-6-15;1-22-14-7-3-12(4-8-14)16-11-17(21)19-20-18(16)13-5-9-15(23-2)10-6-13/h5-12,15H,13-14H2,1-4H3;3-10,13H,11-12H2,1-2H3;3-10,13,23H,11-12H2,1-2H3;3-11H,1-2H3,(H,19,21). The summed E-state index contributed by atoms with van der Waals surface area (Å²) in [5.41, 5.74) is 12.2. The van der Waals surface area contributed by atoms with Gasteiger partial charge < -0.3 is 47.9 Å². The second-order valence-corrected chi connectivity index (χ2v) is 23.3. The predicted octanol–water partition coefficient (Wildman–Crippen LogP) is 12.7. The number of nitrogens with one attached hydrogen (secondary N) is 1. The molecule has 2 N–H and O–H groups in total. The molecule has 0 spiro atoms. The first-order chi connectivity index (χ1) is 50.0. The van der Waals surface area contributed by atoms with E-state index in [0.717, 1.165) is 125 Å². The van der Waals surface area contributed by atoms with Gasteiger partial charge in [0.05, 0.1) is 106 Å². The fourth-order valence-corrected chi connectivity index (χ4v) is 10.8. The topological polar surface area (TPSA) is 248 Å². The van der Waals surface area contributed by atoms with Crippen molar-refractivity contribution in [1.29, 1.82) is 0 Å². The summed E-state index contributed by atoms with van der Waals surface area (Å²) in [4.78, 5) is 51.2. The van der Waals surface area contributed by atoms with Crippen LogP contribution in [0.15, 0.2) is 238 Å². The lowest BCUT2D eigenvalue weighted by molar-refractivity contribution is 0.266. The first kappa shape index (κ1) is 75.1. The van der Waals surface area contributed by atoms with E-state index in [0.29, 0.717) is 36.1 Å². The van der Waals surface area contributed by atoms with E-state index >= 15 is 0 Å². The number of hydrogen-bond acceptors (Lipinski definition) is 18. The fourth-order valence-electron chi connectivity index (χ4n) is 10.6. The smallest absolute Gasteiger partial charge is 0.267 e. The van der Waals surface area contributed by atoms with Gasteiger partial charge in [-0.25, -0.2) is 19.1 Å². The molecule has 0 amide bonds. The Labute approximate surface area is 601 Å². The van der Waals surface area contributed by atoms with Crippen LogP contribution in [0.4, 0.5) is 0 Å². The lowest BCUT2D eigenvalue weighted by Crippen LogP contribution is -2.28. The molecule has 23 heteroatoms. The van der Waals surface area contributed by atoms with Crippen molar-refractivity contribution in [1.82, 2.24) is 44.4 Å². The molecular weight excluding hydrogens is 1330 g/mol. The van der Waals surface area contributed by atoms with Crippen LogP contribution in [-0.2, 0) is 19.6 Å². The minimum atomic E-state index is -0.262. The van der Waals surface area contributed by atoms with Gasteiger partial charge in [0.1, 0.15) is 46.0 Å². The number of hydrogen-bond donors (Lipinski definition) is 2. The molecule has 0 bridgehead atoms. The Bertz CT molecular complexity index is 4800. The number of aromatic nitrogens is 8. The van der Waals surface area contributed by atoms with Gasteiger partial charge in [0, 0.05) is 81.2 Å². The van der Waals surface area contributed by atoms with Gasteiger partial charge in [-0.05, 0) is 182 Å². The Morgan fingerprint density at radius 3 is 0.816 bits per heavy atom. The van der Waals surface area contributed by atoms with Crippen LogP contribution in [0.2, 0.25) is 0 Å². The third-order valence-electron chi connectivity index (χ3n) is 16.2. The Hall–Kier alpha value is -12.1. The van der Waals surface area contributed by atoms with Crippen LogP contribution in [0.25, 0.3) is 89.5 Å². The Kier molecular flexibility index (Phi) is 26.8. The first-order valence-electron chi connectivity index (χ1n) is 32.5. The number of H-pyrrole nitrogens is 1. The number of rotatable bonds is 23. The zero-order chi connectivity index (χ0) is 73.4. The molecule has 8 aromatic carbocycles. The third kappa shape index (κ3) is 19.7. The molecule has 0 unspecified atom stereocenters. The second kappa shape index (κ2) is 36.8. The highest BCUT2D eigenvalue weighted by Crippen LogP contribution is 2.36. The van der Waals surface area contributed by atoms with E-state index in [1.54, 1.807) is 81.1 Å². The maximum atomic E-state index is 12.7. The average molecular weight is 1410 g/mol. The van der Waals surface area contributed by atoms with Crippen LogP contribution in [0, 0.1) is 0 Å².